The Labute approximate surface area is 166 Å². The van der Waals surface area contributed by atoms with E-state index in [0.717, 1.165) is 12.8 Å². The minimum absolute atomic E-state index is 0.0342. The van der Waals surface area contributed by atoms with Crippen molar-refractivity contribution in [2.45, 2.75) is 31.1 Å². The monoisotopic (exact) mass is 398 g/mol. The Balaban J connectivity index is 1.27. The van der Waals surface area contributed by atoms with E-state index in [0.29, 0.717) is 31.2 Å². The molecule has 0 radical (unpaired) electrons. The Morgan fingerprint density at radius 1 is 1.41 bits per heavy atom. The van der Waals surface area contributed by atoms with Crippen LogP contribution in [0.15, 0.2) is 28.9 Å². The zero-order chi connectivity index (χ0) is 20.0. The Hall–Kier alpha value is -2.85. The van der Waals surface area contributed by atoms with E-state index in [1.807, 2.05) is 6.07 Å². The molecular weight excluding hydrogens is 376 g/mol. The van der Waals surface area contributed by atoms with Crippen molar-refractivity contribution in [1.29, 1.82) is 0 Å². The number of pyridine rings is 1. The molecular formula is C19H22N6O4. The largest absolute Gasteiger partial charge is 0.368 e. The molecule has 2 aromatic heterocycles. The molecule has 3 fully saturated rings. The SMILES string of the molecule is NCCN1C[C@]23CC[C@H](O2)[C@H](C(=O)NCc2nc(-c4ccccn4)no2)[C@@H]3C1=O. The van der Waals surface area contributed by atoms with E-state index in [1.54, 1.807) is 23.2 Å². The average molecular weight is 398 g/mol. The van der Waals surface area contributed by atoms with Crippen molar-refractivity contribution in [1.82, 2.24) is 25.3 Å². The number of nitrogens with one attached hydrogen (secondary N) is 1. The highest BCUT2D eigenvalue weighted by Crippen LogP contribution is 2.55. The molecule has 29 heavy (non-hydrogen) atoms. The van der Waals surface area contributed by atoms with Gasteiger partial charge in [-0.3, -0.25) is 14.6 Å². The molecule has 0 aromatic carbocycles. The van der Waals surface area contributed by atoms with Crippen LogP contribution in [0.1, 0.15) is 18.7 Å². The number of carbonyl (C=O) groups is 2. The zero-order valence-electron chi connectivity index (χ0n) is 15.8. The number of likely N-dealkylation sites (tertiary alicyclic amines) is 1. The summed E-state index contributed by atoms with van der Waals surface area (Å²) in [6.07, 6.45) is 3.00. The van der Waals surface area contributed by atoms with Crippen molar-refractivity contribution in [3.63, 3.8) is 0 Å². The molecule has 152 valence electrons. The maximum Gasteiger partial charge on any atom is 0.246 e. The van der Waals surface area contributed by atoms with Crippen molar-refractivity contribution in [3.8, 4) is 11.5 Å². The van der Waals surface area contributed by atoms with Gasteiger partial charge in [0.05, 0.1) is 36.6 Å². The van der Waals surface area contributed by atoms with Gasteiger partial charge in [-0.05, 0) is 25.0 Å². The lowest BCUT2D eigenvalue weighted by atomic mass is 9.73. The summed E-state index contributed by atoms with van der Waals surface area (Å²) in [6.45, 7) is 1.48. The summed E-state index contributed by atoms with van der Waals surface area (Å²) in [4.78, 5) is 36.0. The van der Waals surface area contributed by atoms with E-state index in [9.17, 15) is 9.59 Å². The number of ether oxygens (including phenoxy) is 1. The number of fused-ring (bicyclic) bond motifs is 1. The first-order chi connectivity index (χ1) is 14.1. The van der Waals surface area contributed by atoms with Gasteiger partial charge < -0.3 is 25.2 Å². The molecule has 4 atom stereocenters. The van der Waals surface area contributed by atoms with E-state index in [4.69, 9.17) is 15.0 Å². The van der Waals surface area contributed by atoms with Gasteiger partial charge in [-0.2, -0.15) is 4.98 Å². The molecule has 3 N–H and O–H groups in total. The van der Waals surface area contributed by atoms with Crippen LogP contribution >= 0.6 is 0 Å². The van der Waals surface area contributed by atoms with Crippen LogP contribution in [0.4, 0.5) is 0 Å². The molecule has 0 saturated carbocycles. The molecule has 5 rings (SSSR count). The normalized spacial score (nSPS) is 30.0. The quantitative estimate of drug-likeness (QED) is 0.677. The molecule has 2 aromatic rings. The Kier molecular flexibility index (Phi) is 4.32. The van der Waals surface area contributed by atoms with E-state index in [2.05, 4.69) is 20.4 Å². The average Bonchev–Trinajstić information content (AvgIpc) is 3.49. The molecule has 5 heterocycles. The van der Waals surface area contributed by atoms with Crippen LogP contribution in [-0.2, 0) is 20.9 Å². The third-order valence-corrected chi connectivity index (χ3v) is 6.08. The predicted molar refractivity (Wildman–Crippen MR) is 98.8 cm³/mol. The van der Waals surface area contributed by atoms with Gasteiger partial charge in [0.2, 0.25) is 23.5 Å². The fourth-order valence-electron chi connectivity index (χ4n) is 4.89. The van der Waals surface area contributed by atoms with Gasteiger partial charge in [-0.25, -0.2) is 0 Å². The molecule has 2 amide bonds. The van der Waals surface area contributed by atoms with Crippen molar-refractivity contribution in [2.75, 3.05) is 19.6 Å². The van der Waals surface area contributed by atoms with Gasteiger partial charge >= 0.3 is 0 Å². The third-order valence-electron chi connectivity index (χ3n) is 6.08. The summed E-state index contributed by atoms with van der Waals surface area (Å²) in [6, 6.07) is 5.41. The molecule has 1 spiro atoms. The molecule has 3 aliphatic heterocycles. The van der Waals surface area contributed by atoms with Crippen molar-refractivity contribution >= 4 is 11.8 Å². The van der Waals surface area contributed by atoms with E-state index >= 15 is 0 Å². The second-order valence-electron chi connectivity index (χ2n) is 7.76. The first kappa shape index (κ1) is 18.2. The molecule has 10 heteroatoms. The van der Waals surface area contributed by atoms with Crippen LogP contribution in [0.3, 0.4) is 0 Å². The minimum Gasteiger partial charge on any atom is -0.368 e. The fourth-order valence-corrected chi connectivity index (χ4v) is 4.89. The van der Waals surface area contributed by atoms with Crippen LogP contribution in [0.5, 0.6) is 0 Å². The highest BCUT2D eigenvalue weighted by atomic mass is 16.5. The summed E-state index contributed by atoms with van der Waals surface area (Å²) in [7, 11) is 0. The summed E-state index contributed by atoms with van der Waals surface area (Å²) in [5, 5.41) is 6.73. The topological polar surface area (TPSA) is 136 Å². The maximum absolute atomic E-state index is 12.9. The molecule has 3 saturated heterocycles. The number of rotatable bonds is 6. The number of amides is 2. The van der Waals surface area contributed by atoms with Crippen molar-refractivity contribution < 1.29 is 18.8 Å². The number of hydrogen-bond donors (Lipinski definition) is 2. The van der Waals surface area contributed by atoms with Gasteiger partial charge in [-0.15, -0.1) is 0 Å². The van der Waals surface area contributed by atoms with Gasteiger partial charge in [-0.1, -0.05) is 11.2 Å². The van der Waals surface area contributed by atoms with Crippen LogP contribution < -0.4 is 11.1 Å². The lowest BCUT2D eigenvalue weighted by molar-refractivity contribution is -0.138. The number of aromatic nitrogens is 3. The maximum atomic E-state index is 12.9. The molecule has 0 aliphatic carbocycles. The highest BCUT2D eigenvalue weighted by Gasteiger charge is 2.68. The zero-order valence-corrected chi connectivity index (χ0v) is 15.8. The lowest BCUT2D eigenvalue weighted by Gasteiger charge is -2.26. The number of nitrogens with two attached hydrogens (primary N) is 1. The second kappa shape index (κ2) is 6.89. The van der Waals surface area contributed by atoms with Gasteiger partial charge in [0.1, 0.15) is 5.69 Å². The smallest absolute Gasteiger partial charge is 0.246 e. The van der Waals surface area contributed by atoms with Crippen molar-refractivity contribution in [3.05, 3.63) is 30.3 Å². The number of hydrogen-bond acceptors (Lipinski definition) is 8. The molecule has 10 nitrogen and oxygen atoms in total. The van der Waals surface area contributed by atoms with Crippen LogP contribution in [0.2, 0.25) is 0 Å². The van der Waals surface area contributed by atoms with E-state index in [-0.39, 0.29) is 30.4 Å². The number of carbonyl (C=O) groups excluding carboxylic acids is 2. The van der Waals surface area contributed by atoms with Gasteiger partial charge in [0.15, 0.2) is 0 Å². The molecule has 2 bridgehead atoms. The standard InChI is InChI=1S/C19H22N6O4/c20-6-8-25-10-19-5-4-12(28-19)14(15(19)18(25)27)17(26)22-9-13-23-16(24-29-13)11-3-1-2-7-21-11/h1-3,7,12,14-15H,4-6,8-10,20H2,(H,22,26)/t12-,14-,15+,19-/m0/s1. The van der Waals surface area contributed by atoms with Gasteiger partial charge in [0.25, 0.3) is 0 Å². The lowest BCUT2D eigenvalue weighted by Crippen LogP contribution is -2.45. The number of nitrogens with zero attached hydrogens (tertiary/aromatic N) is 4. The highest BCUT2D eigenvalue weighted by molar-refractivity contribution is 5.92. The minimum atomic E-state index is -0.546. The van der Waals surface area contributed by atoms with Crippen molar-refractivity contribution in [2.24, 2.45) is 17.6 Å². The van der Waals surface area contributed by atoms with E-state index < -0.39 is 17.4 Å². The van der Waals surface area contributed by atoms with Crippen LogP contribution in [-0.4, -0.2) is 63.2 Å². The molecule has 3 aliphatic rings. The summed E-state index contributed by atoms with van der Waals surface area (Å²) in [5.74, 6) is -0.562. The van der Waals surface area contributed by atoms with E-state index in [1.165, 1.54) is 0 Å². The van der Waals surface area contributed by atoms with Gasteiger partial charge in [0, 0.05) is 19.3 Å². The fraction of sp³-hybridized carbons (Fsp3) is 0.526. The summed E-state index contributed by atoms with van der Waals surface area (Å²) in [5.41, 5.74) is 5.67. The Morgan fingerprint density at radius 2 is 2.31 bits per heavy atom. The predicted octanol–water partition coefficient (Wildman–Crippen LogP) is -0.287. The third kappa shape index (κ3) is 2.90. The Morgan fingerprint density at radius 3 is 3.10 bits per heavy atom. The summed E-state index contributed by atoms with van der Waals surface area (Å²) < 4.78 is 11.4. The summed E-state index contributed by atoms with van der Waals surface area (Å²) >= 11 is 0. The Bertz CT molecular complexity index is 934. The van der Waals surface area contributed by atoms with Crippen LogP contribution in [0, 0.1) is 11.8 Å². The first-order valence-corrected chi connectivity index (χ1v) is 9.80. The van der Waals surface area contributed by atoms with Crippen LogP contribution in [0.25, 0.3) is 11.5 Å². The first-order valence-electron chi connectivity index (χ1n) is 9.80. The molecule has 0 unspecified atom stereocenters. The second-order valence-corrected chi connectivity index (χ2v) is 7.76.